The van der Waals surface area contributed by atoms with Gasteiger partial charge in [0.05, 0.1) is 18.9 Å². The van der Waals surface area contributed by atoms with Crippen molar-refractivity contribution in [2.75, 3.05) is 7.11 Å². The summed E-state index contributed by atoms with van der Waals surface area (Å²) in [6.07, 6.45) is 1.41. The number of hydrogen-bond donors (Lipinski definition) is 1. The molecule has 186 valence electrons. The highest BCUT2D eigenvalue weighted by atomic mass is 35.5. The maximum Gasteiger partial charge on any atom is 0.343 e. The molecule has 1 N–H and O–H groups in total. The van der Waals surface area contributed by atoms with Gasteiger partial charge < -0.3 is 14.2 Å². The molecule has 4 rings (SSSR count). The Kier molecular flexibility index (Phi) is 8.52. The smallest absolute Gasteiger partial charge is 0.343 e. The molecule has 0 atom stereocenters. The number of carbonyl (C=O) groups is 2. The zero-order chi connectivity index (χ0) is 26.0. The molecule has 0 bridgehead atoms. The van der Waals surface area contributed by atoms with Crippen molar-refractivity contribution in [3.05, 3.63) is 124 Å². The number of para-hydroxylation sites is 1. The molecule has 0 saturated carbocycles. The van der Waals surface area contributed by atoms with Crippen LogP contribution in [-0.4, -0.2) is 25.2 Å². The summed E-state index contributed by atoms with van der Waals surface area (Å²) in [5.41, 5.74) is 4.77. The van der Waals surface area contributed by atoms with Crippen molar-refractivity contribution in [2.45, 2.75) is 6.61 Å². The lowest BCUT2D eigenvalue weighted by Gasteiger charge is -2.08. The average Bonchev–Trinajstić information content (AvgIpc) is 2.94. The summed E-state index contributed by atoms with van der Waals surface area (Å²) < 4.78 is 16.4. The molecular formula is C29H23ClN2O5. The molecule has 4 aromatic carbocycles. The number of halogens is 1. The Morgan fingerprint density at radius 3 is 2.19 bits per heavy atom. The molecule has 0 aromatic heterocycles. The molecule has 4 aromatic rings. The van der Waals surface area contributed by atoms with Gasteiger partial charge in [0.2, 0.25) is 0 Å². The van der Waals surface area contributed by atoms with Crippen molar-refractivity contribution in [3.8, 4) is 17.2 Å². The third-order valence-electron chi connectivity index (χ3n) is 5.25. The van der Waals surface area contributed by atoms with Gasteiger partial charge in [0.1, 0.15) is 23.9 Å². The van der Waals surface area contributed by atoms with Crippen LogP contribution in [0.2, 0.25) is 5.02 Å². The number of esters is 1. The first kappa shape index (κ1) is 25.5. The van der Waals surface area contributed by atoms with Crippen LogP contribution in [0.1, 0.15) is 31.8 Å². The Bertz CT molecular complexity index is 1390. The fourth-order valence-electron chi connectivity index (χ4n) is 3.24. The summed E-state index contributed by atoms with van der Waals surface area (Å²) in [6, 6.07) is 27.6. The SMILES string of the molecule is COc1ccc(C(=O)Oc2ccccc2/C=N/NC(=O)c2ccc(OCc3ccc(Cl)cc3)cc2)cc1. The molecular weight excluding hydrogens is 492 g/mol. The second-order valence-corrected chi connectivity index (χ2v) is 8.23. The van der Waals surface area contributed by atoms with Crippen LogP contribution in [0, 0.1) is 0 Å². The van der Waals surface area contributed by atoms with Crippen molar-refractivity contribution >= 4 is 29.7 Å². The summed E-state index contributed by atoms with van der Waals surface area (Å²) in [7, 11) is 1.55. The summed E-state index contributed by atoms with van der Waals surface area (Å²) in [4.78, 5) is 25.0. The molecule has 0 saturated heterocycles. The van der Waals surface area contributed by atoms with E-state index in [9.17, 15) is 9.59 Å². The van der Waals surface area contributed by atoms with Gasteiger partial charge in [-0.2, -0.15) is 5.10 Å². The van der Waals surface area contributed by atoms with E-state index in [-0.39, 0.29) is 0 Å². The Balaban J connectivity index is 1.33. The molecule has 0 fully saturated rings. The molecule has 8 heteroatoms. The van der Waals surface area contributed by atoms with E-state index in [0.717, 1.165) is 5.56 Å². The number of rotatable bonds is 9. The van der Waals surface area contributed by atoms with E-state index < -0.39 is 11.9 Å². The van der Waals surface area contributed by atoms with Crippen molar-refractivity contribution in [2.24, 2.45) is 5.10 Å². The largest absolute Gasteiger partial charge is 0.497 e. The molecule has 1 amide bonds. The fourth-order valence-corrected chi connectivity index (χ4v) is 3.37. The van der Waals surface area contributed by atoms with Gasteiger partial charge in [0.25, 0.3) is 5.91 Å². The van der Waals surface area contributed by atoms with Gasteiger partial charge in [-0.3, -0.25) is 4.79 Å². The first-order chi connectivity index (χ1) is 18.0. The zero-order valence-corrected chi connectivity index (χ0v) is 20.6. The topological polar surface area (TPSA) is 86.2 Å². The normalized spacial score (nSPS) is 10.6. The summed E-state index contributed by atoms with van der Waals surface area (Å²) in [6.45, 7) is 0.384. The second kappa shape index (κ2) is 12.4. The number of carbonyl (C=O) groups excluding carboxylic acids is 2. The molecule has 0 aliphatic heterocycles. The van der Waals surface area contributed by atoms with Crippen LogP contribution in [0.25, 0.3) is 0 Å². The van der Waals surface area contributed by atoms with E-state index in [1.54, 1.807) is 92.0 Å². The quantitative estimate of drug-likeness (QED) is 0.130. The molecule has 0 spiro atoms. The van der Waals surface area contributed by atoms with Crippen molar-refractivity contribution in [1.29, 1.82) is 0 Å². The van der Waals surface area contributed by atoms with E-state index in [0.29, 0.717) is 45.6 Å². The van der Waals surface area contributed by atoms with Crippen molar-refractivity contribution in [1.82, 2.24) is 5.43 Å². The Morgan fingerprint density at radius 2 is 1.49 bits per heavy atom. The second-order valence-electron chi connectivity index (χ2n) is 7.79. The third-order valence-corrected chi connectivity index (χ3v) is 5.50. The van der Waals surface area contributed by atoms with E-state index in [1.165, 1.54) is 6.21 Å². The number of amides is 1. The highest BCUT2D eigenvalue weighted by Crippen LogP contribution is 2.19. The van der Waals surface area contributed by atoms with Crippen LogP contribution >= 0.6 is 11.6 Å². The number of nitrogens with zero attached hydrogens (tertiary/aromatic N) is 1. The third kappa shape index (κ3) is 7.19. The van der Waals surface area contributed by atoms with E-state index in [1.807, 2.05) is 12.1 Å². The van der Waals surface area contributed by atoms with E-state index in [2.05, 4.69) is 10.5 Å². The predicted molar refractivity (Wildman–Crippen MR) is 142 cm³/mol. The first-order valence-corrected chi connectivity index (χ1v) is 11.7. The summed E-state index contributed by atoms with van der Waals surface area (Å²) in [5.74, 6) is 0.658. The first-order valence-electron chi connectivity index (χ1n) is 11.3. The average molecular weight is 515 g/mol. The van der Waals surface area contributed by atoms with Gasteiger partial charge in [-0.05, 0) is 78.4 Å². The molecule has 0 heterocycles. The Morgan fingerprint density at radius 1 is 0.838 bits per heavy atom. The summed E-state index contributed by atoms with van der Waals surface area (Å²) >= 11 is 5.89. The van der Waals surface area contributed by atoms with Crippen LogP contribution in [-0.2, 0) is 6.61 Å². The van der Waals surface area contributed by atoms with Crippen LogP contribution < -0.4 is 19.6 Å². The van der Waals surface area contributed by atoms with Crippen LogP contribution in [0.15, 0.2) is 102 Å². The number of nitrogens with one attached hydrogen (secondary N) is 1. The Hall–Kier alpha value is -4.62. The minimum Gasteiger partial charge on any atom is -0.497 e. The van der Waals surface area contributed by atoms with Gasteiger partial charge in [0.15, 0.2) is 0 Å². The fraction of sp³-hybridized carbons (Fsp3) is 0.0690. The number of hydrazone groups is 1. The molecule has 0 radical (unpaired) electrons. The number of ether oxygens (including phenoxy) is 3. The molecule has 0 aliphatic carbocycles. The monoisotopic (exact) mass is 514 g/mol. The van der Waals surface area contributed by atoms with Crippen molar-refractivity contribution < 1.29 is 23.8 Å². The standard InChI is InChI=1S/C29H23ClN2O5/c1-35-25-14-10-22(11-15-25)29(34)37-27-5-3-2-4-23(27)18-31-32-28(33)21-8-16-26(17-9-21)36-19-20-6-12-24(30)13-7-20/h2-18H,19H2,1H3,(H,32,33)/b31-18+. The van der Waals surface area contributed by atoms with Crippen molar-refractivity contribution in [3.63, 3.8) is 0 Å². The molecule has 0 aliphatic rings. The van der Waals surface area contributed by atoms with Gasteiger partial charge in [-0.15, -0.1) is 0 Å². The van der Waals surface area contributed by atoms with Gasteiger partial charge in [-0.1, -0.05) is 35.9 Å². The highest BCUT2D eigenvalue weighted by Gasteiger charge is 2.11. The molecule has 37 heavy (non-hydrogen) atoms. The van der Waals surface area contributed by atoms with Gasteiger partial charge >= 0.3 is 5.97 Å². The maximum atomic E-state index is 12.5. The summed E-state index contributed by atoms with van der Waals surface area (Å²) in [5, 5.41) is 4.68. The lowest BCUT2D eigenvalue weighted by molar-refractivity contribution is 0.0734. The van der Waals surface area contributed by atoms with E-state index in [4.69, 9.17) is 25.8 Å². The number of benzene rings is 4. The van der Waals surface area contributed by atoms with Crippen LogP contribution in [0.3, 0.4) is 0 Å². The van der Waals surface area contributed by atoms with E-state index >= 15 is 0 Å². The minimum absolute atomic E-state index is 0.309. The number of hydrogen-bond acceptors (Lipinski definition) is 6. The molecule has 7 nitrogen and oxygen atoms in total. The lowest BCUT2D eigenvalue weighted by atomic mass is 10.2. The lowest BCUT2D eigenvalue weighted by Crippen LogP contribution is -2.17. The Labute approximate surface area is 219 Å². The van der Waals surface area contributed by atoms with Gasteiger partial charge in [0, 0.05) is 16.1 Å². The van der Waals surface area contributed by atoms with Crippen LogP contribution in [0.5, 0.6) is 17.2 Å². The van der Waals surface area contributed by atoms with Crippen LogP contribution in [0.4, 0.5) is 0 Å². The molecule has 0 unspecified atom stereocenters. The van der Waals surface area contributed by atoms with Gasteiger partial charge in [-0.25, -0.2) is 10.2 Å². The zero-order valence-electron chi connectivity index (χ0n) is 19.9. The predicted octanol–water partition coefficient (Wildman–Crippen LogP) is 5.91. The maximum absolute atomic E-state index is 12.5. The number of methoxy groups -OCH3 is 1. The highest BCUT2D eigenvalue weighted by molar-refractivity contribution is 6.30. The minimum atomic E-state index is -0.522.